The third kappa shape index (κ3) is 5.21. The molecule has 0 fully saturated rings. The number of ether oxygens (including phenoxy) is 1. The van der Waals surface area contributed by atoms with Crippen LogP contribution in [0.15, 0.2) is 47.6 Å². The van der Waals surface area contributed by atoms with Crippen molar-refractivity contribution in [2.24, 2.45) is 4.99 Å². The first-order valence-electron chi connectivity index (χ1n) is 8.73. The molecule has 0 aliphatic carbocycles. The molecule has 1 aromatic carbocycles. The second-order valence-corrected chi connectivity index (χ2v) is 6.18. The first-order valence-corrected chi connectivity index (χ1v) is 8.73. The van der Waals surface area contributed by atoms with E-state index in [-0.39, 0.29) is 13.0 Å². The van der Waals surface area contributed by atoms with E-state index in [0.29, 0.717) is 23.7 Å². The maximum Gasteiger partial charge on any atom is 0.389 e. The van der Waals surface area contributed by atoms with Gasteiger partial charge in [0.15, 0.2) is 0 Å². The van der Waals surface area contributed by atoms with E-state index in [1.54, 1.807) is 25.4 Å². The van der Waals surface area contributed by atoms with Crippen LogP contribution in [0, 0.1) is 0 Å². The Morgan fingerprint density at radius 2 is 1.96 bits per heavy atom. The van der Waals surface area contributed by atoms with Crippen molar-refractivity contribution in [3.05, 3.63) is 53.9 Å². The van der Waals surface area contributed by atoms with E-state index >= 15 is 0 Å². The Morgan fingerprint density at radius 3 is 2.68 bits per heavy atom. The number of aromatic nitrogens is 4. The summed E-state index contributed by atoms with van der Waals surface area (Å²) in [5.74, 6) is 0.552. The second-order valence-electron chi connectivity index (χ2n) is 6.18. The van der Waals surface area contributed by atoms with Crippen molar-refractivity contribution in [2.45, 2.75) is 25.6 Å². The van der Waals surface area contributed by atoms with Crippen LogP contribution in [-0.4, -0.2) is 46.0 Å². The van der Waals surface area contributed by atoms with Gasteiger partial charge in [0, 0.05) is 26.2 Å². The van der Waals surface area contributed by atoms with Crippen LogP contribution in [-0.2, 0) is 6.54 Å². The summed E-state index contributed by atoms with van der Waals surface area (Å²) in [5.41, 5.74) is 3.29. The number of rotatable bonds is 8. The molecule has 0 amide bonds. The normalized spacial score (nSPS) is 12.0. The second kappa shape index (κ2) is 8.73. The molecule has 3 aromatic rings. The van der Waals surface area contributed by atoms with Crippen molar-refractivity contribution in [3.63, 3.8) is 0 Å². The summed E-state index contributed by atoms with van der Waals surface area (Å²) in [5, 5.41) is 10.9. The molecule has 0 unspecified atom stereocenters. The van der Waals surface area contributed by atoms with E-state index in [2.05, 4.69) is 20.4 Å². The highest BCUT2D eigenvalue weighted by atomic mass is 19.4. The van der Waals surface area contributed by atoms with E-state index in [0.717, 1.165) is 11.3 Å². The largest absolute Gasteiger partial charge is 0.494 e. The van der Waals surface area contributed by atoms with Gasteiger partial charge in [0.05, 0.1) is 18.5 Å². The predicted octanol–water partition coefficient (Wildman–Crippen LogP) is 4.09. The van der Waals surface area contributed by atoms with Crippen LogP contribution in [0.2, 0.25) is 0 Å². The molecule has 0 saturated carbocycles. The Balaban J connectivity index is 1.62. The maximum atomic E-state index is 12.1. The molecule has 0 aliphatic rings. The Kier molecular flexibility index (Phi) is 6.13. The van der Waals surface area contributed by atoms with Crippen LogP contribution in [0.5, 0.6) is 5.75 Å². The lowest BCUT2D eigenvalue weighted by atomic mass is 10.2. The van der Waals surface area contributed by atoms with E-state index in [1.807, 2.05) is 35.0 Å². The summed E-state index contributed by atoms with van der Waals surface area (Å²) in [6.45, 7) is 0.640. The summed E-state index contributed by atoms with van der Waals surface area (Å²) in [6, 6.07) is 11.2. The van der Waals surface area contributed by atoms with Gasteiger partial charge < -0.3 is 9.30 Å². The summed E-state index contributed by atoms with van der Waals surface area (Å²) < 4.78 is 43.8. The molecular weight excluding hydrogens is 371 g/mol. The number of aromatic amines is 1. The molecule has 28 heavy (non-hydrogen) atoms. The highest BCUT2D eigenvalue weighted by molar-refractivity contribution is 5.85. The average Bonchev–Trinajstić information content (AvgIpc) is 3.28. The van der Waals surface area contributed by atoms with Crippen molar-refractivity contribution >= 4 is 6.21 Å². The highest BCUT2D eigenvalue weighted by Crippen LogP contribution is 2.23. The summed E-state index contributed by atoms with van der Waals surface area (Å²) in [7, 11) is 1.67. The van der Waals surface area contributed by atoms with Crippen LogP contribution >= 0.6 is 0 Å². The Morgan fingerprint density at radius 1 is 1.18 bits per heavy atom. The van der Waals surface area contributed by atoms with E-state index in [4.69, 9.17) is 4.74 Å². The quantitative estimate of drug-likeness (QED) is 0.465. The third-order valence-corrected chi connectivity index (χ3v) is 4.05. The van der Waals surface area contributed by atoms with Crippen LogP contribution < -0.4 is 4.74 Å². The van der Waals surface area contributed by atoms with Gasteiger partial charge in [-0.2, -0.15) is 28.6 Å². The Labute approximate surface area is 160 Å². The van der Waals surface area contributed by atoms with Gasteiger partial charge >= 0.3 is 6.18 Å². The predicted molar refractivity (Wildman–Crippen MR) is 99.7 cm³/mol. The molecule has 0 saturated heterocycles. The summed E-state index contributed by atoms with van der Waals surface area (Å²) in [4.78, 5) is 3.98. The third-order valence-electron chi connectivity index (χ3n) is 4.05. The molecule has 3 rings (SSSR count). The number of benzene rings is 1. The van der Waals surface area contributed by atoms with Gasteiger partial charge in [0.1, 0.15) is 17.1 Å². The minimum atomic E-state index is -4.14. The number of H-pyrrole nitrogens is 1. The smallest absolute Gasteiger partial charge is 0.389 e. The molecule has 0 spiro atoms. The fourth-order valence-electron chi connectivity index (χ4n) is 2.76. The average molecular weight is 391 g/mol. The molecule has 148 valence electrons. The van der Waals surface area contributed by atoms with Crippen molar-refractivity contribution < 1.29 is 17.9 Å². The van der Waals surface area contributed by atoms with Gasteiger partial charge in [-0.1, -0.05) is 12.1 Å². The van der Waals surface area contributed by atoms with Gasteiger partial charge in [0.2, 0.25) is 0 Å². The van der Waals surface area contributed by atoms with Crippen molar-refractivity contribution in [2.75, 3.05) is 13.7 Å². The van der Waals surface area contributed by atoms with Crippen LogP contribution in [0.25, 0.3) is 11.4 Å². The van der Waals surface area contributed by atoms with Crippen LogP contribution in [0.4, 0.5) is 13.2 Å². The fraction of sp³-hybridized carbons (Fsp3) is 0.316. The molecule has 0 bridgehead atoms. The first kappa shape index (κ1) is 19.7. The maximum absolute atomic E-state index is 12.1. The van der Waals surface area contributed by atoms with Gasteiger partial charge in [-0.05, 0) is 36.2 Å². The number of hydrogen-bond donors (Lipinski definition) is 1. The zero-order valence-corrected chi connectivity index (χ0v) is 15.3. The molecule has 1 N–H and O–H groups in total. The minimum Gasteiger partial charge on any atom is -0.494 e. The monoisotopic (exact) mass is 391 g/mol. The molecule has 2 aromatic heterocycles. The van der Waals surface area contributed by atoms with E-state index in [1.165, 1.54) is 0 Å². The first-order chi connectivity index (χ1) is 13.5. The van der Waals surface area contributed by atoms with Gasteiger partial charge in [-0.3, -0.25) is 4.99 Å². The zero-order chi connectivity index (χ0) is 20.0. The SMILES string of the molecule is CN=Cc1n[nH]nc1-c1cccn1Cc1ccc(OCCCC(F)(F)F)cc1. The summed E-state index contributed by atoms with van der Waals surface area (Å²) >= 11 is 0. The van der Waals surface area contributed by atoms with Gasteiger partial charge in [-0.25, -0.2) is 0 Å². The number of halogens is 3. The number of nitrogens with zero attached hydrogens (tertiary/aromatic N) is 4. The lowest BCUT2D eigenvalue weighted by Crippen LogP contribution is -2.09. The molecular formula is C19H20F3N5O. The minimum absolute atomic E-state index is 0.0362. The number of hydrogen-bond acceptors (Lipinski definition) is 4. The lowest BCUT2D eigenvalue weighted by molar-refractivity contribution is -0.136. The number of aliphatic imine (C=N–C) groups is 1. The van der Waals surface area contributed by atoms with Crippen LogP contribution in [0.3, 0.4) is 0 Å². The molecule has 0 radical (unpaired) electrons. The van der Waals surface area contributed by atoms with Gasteiger partial charge in [-0.15, -0.1) is 0 Å². The Bertz CT molecular complexity index is 912. The molecule has 0 atom stereocenters. The standard InChI is InChI=1S/C19H20F3N5O/c1-23-12-16-18(25-26-24-16)17-4-2-10-27(17)13-14-5-7-15(8-6-14)28-11-3-9-19(20,21)22/h2,4-8,10,12H,3,9,11,13H2,1H3,(H,24,25,26). The highest BCUT2D eigenvalue weighted by Gasteiger charge is 2.26. The van der Waals surface area contributed by atoms with E-state index in [9.17, 15) is 13.2 Å². The molecule has 6 nitrogen and oxygen atoms in total. The summed E-state index contributed by atoms with van der Waals surface area (Å²) in [6.07, 6.45) is -1.46. The van der Waals surface area contributed by atoms with E-state index < -0.39 is 12.6 Å². The molecule has 2 heterocycles. The van der Waals surface area contributed by atoms with Crippen molar-refractivity contribution in [1.29, 1.82) is 0 Å². The van der Waals surface area contributed by atoms with Gasteiger partial charge in [0.25, 0.3) is 0 Å². The fourth-order valence-corrected chi connectivity index (χ4v) is 2.76. The lowest BCUT2D eigenvalue weighted by Gasteiger charge is -2.10. The van der Waals surface area contributed by atoms with Crippen molar-refractivity contribution in [3.8, 4) is 17.1 Å². The van der Waals surface area contributed by atoms with Crippen molar-refractivity contribution in [1.82, 2.24) is 20.0 Å². The number of alkyl halides is 3. The molecule has 9 heteroatoms. The zero-order valence-electron chi connectivity index (χ0n) is 15.3. The number of nitrogens with one attached hydrogen (secondary N) is 1. The Hall–Kier alpha value is -3.10. The van der Waals surface area contributed by atoms with Crippen LogP contribution in [0.1, 0.15) is 24.1 Å². The molecule has 0 aliphatic heterocycles. The topological polar surface area (TPSA) is 68.1 Å².